The van der Waals surface area contributed by atoms with Gasteiger partial charge in [-0.15, -0.1) is 0 Å². The van der Waals surface area contributed by atoms with E-state index >= 15 is 0 Å². The third-order valence-corrected chi connectivity index (χ3v) is 3.17. The molecule has 0 saturated heterocycles. The molecule has 0 aliphatic heterocycles. The first-order valence-electron chi connectivity index (χ1n) is 6.73. The topological polar surface area (TPSA) is 94.7 Å². The Bertz CT molecular complexity index is 643. The van der Waals surface area contributed by atoms with Gasteiger partial charge in [0.05, 0.1) is 18.9 Å². The quantitative estimate of drug-likeness (QED) is 0.627. The number of aromatic nitrogens is 2. The van der Waals surface area contributed by atoms with Crippen molar-refractivity contribution in [1.29, 1.82) is 0 Å². The van der Waals surface area contributed by atoms with E-state index in [1.54, 1.807) is 7.11 Å². The standard InChI is InChI=1S/C15H19N5O2/c1-10(11-4-6-12(21-2)7-5-11)20-15-13(8-19-22-3)14(16)17-9-18-15/h4-10H,1-3H3,(H3,16,17,18,20)/b19-8+/t10-/m0/s1. The Kier molecular flexibility index (Phi) is 5.13. The molecule has 0 aliphatic rings. The lowest BCUT2D eigenvalue weighted by molar-refractivity contribution is 0.215. The Hall–Kier alpha value is -2.83. The maximum atomic E-state index is 5.86. The Balaban J connectivity index is 2.21. The van der Waals surface area contributed by atoms with Crippen molar-refractivity contribution < 1.29 is 9.57 Å². The van der Waals surface area contributed by atoms with Gasteiger partial charge in [-0.05, 0) is 24.6 Å². The van der Waals surface area contributed by atoms with Crippen LogP contribution < -0.4 is 15.8 Å². The molecule has 116 valence electrons. The highest BCUT2D eigenvalue weighted by atomic mass is 16.6. The Labute approximate surface area is 129 Å². The third-order valence-electron chi connectivity index (χ3n) is 3.17. The van der Waals surface area contributed by atoms with E-state index in [-0.39, 0.29) is 6.04 Å². The third kappa shape index (κ3) is 3.63. The highest BCUT2D eigenvalue weighted by Gasteiger charge is 2.12. The molecule has 0 aliphatic carbocycles. The van der Waals surface area contributed by atoms with Gasteiger partial charge in [0.1, 0.15) is 30.8 Å². The molecule has 22 heavy (non-hydrogen) atoms. The van der Waals surface area contributed by atoms with E-state index in [4.69, 9.17) is 10.5 Å². The Morgan fingerprint density at radius 1 is 1.23 bits per heavy atom. The highest BCUT2D eigenvalue weighted by molar-refractivity contribution is 5.91. The van der Waals surface area contributed by atoms with Gasteiger partial charge in [-0.3, -0.25) is 0 Å². The number of ether oxygens (including phenoxy) is 1. The van der Waals surface area contributed by atoms with Crippen LogP contribution in [0.3, 0.4) is 0 Å². The molecule has 0 amide bonds. The van der Waals surface area contributed by atoms with Gasteiger partial charge in [-0.2, -0.15) is 0 Å². The van der Waals surface area contributed by atoms with Crippen LogP contribution in [0.1, 0.15) is 24.1 Å². The predicted molar refractivity (Wildman–Crippen MR) is 86.1 cm³/mol. The summed E-state index contributed by atoms with van der Waals surface area (Å²) in [4.78, 5) is 12.9. The molecular weight excluding hydrogens is 282 g/mol. The minimum absolute atomic E-state index is 0.0231. The summed E-state index contributed by atoms with van der Waals surface area (Å²) in [5, 5.41) is 7.02. The van der Waals surface area contributed by atoms with Gasteiger partial charge in [-0.25, -0.2) is 9.97 Å². The first kappa shape index (κ1) is 15.6. The Morgan fingerprint density at radius 2 is 1.95 bits per heavy atom. The molecule has 0 saturated carbocycles. The normalized spacial score (nSPS) is 12.1. The van der Waals surface area contributed by atoms with E-state index < -0.39 is 0 Å². The number of benzene rings is 1. The summed E-state index contributed by atoms with van der Waals surface area (Å²) < 4.78 is 5.16. The lowest BCUT2D eigenvalue weighted by Gasteiger charge is -2.17. The maximum absolute atomic E-state index is 5.86. The second-order valence-corrected chi connectivity index (χ2v) is 4.58. The summed E-state index contributed by atoms with van der Waals surface area (Å²) in [6, 6.07) is 7.83. The first-order chi connectivity index (χ1) is 10.7. The molecule has 1 heterocycles. The molecule has 7 nitrogen and oxygen atoms in total. The molecule has 1 aromatic carbocycles. The van der Waals surface area contributed by atoms with Gasteiger partial charge >= 0.3 is 0 Å². The summed E-state index contributed by atoms with van der Waals surface area (Å²) >= 11 is 0. The fourth-order valence-corrected chi connectivity index (χ4v) is 1.94. The number of nitrogens with two attached hydrogens (primary N) is 1. The van der Waals surface area contributed by atoms with Gasteiger partial charge in [0.2, 0.25) is 0 Å². The molecule has 0 radical (unpaired) electrons. The molecule has 2 aromatic rings. The first-order valence-corrected chi connectivity index (χ1v) is 6.73. The minimum atomic E-state index is 0.0231. The van der Waals surface area contributed by atoms with Crippen LogP contribution in [-0.2, 0) is 4.84 Å². The molecule has 3 N–H and O–H groups in total. The zero-order valence-corrected chi connectivity index (χ0v) is 12.8. The SMILES string of the molecule is CO/N=C/c1c(N)ncnc1N[C@@H](C)c1ccc(OC)cc1. The van der Waals surface area contributed by atoms with Crippen LogP contribution in [0.25, 0.3) is 0 Å². The number of nitrogens with one attached hydrogen (secondary N) is 1. The van der Waals surface area contributed by atoms with Crippen molar-refractivity contribution in [3.8, 4) is 5.75 Å². The number of anilines is 2. The summed E-state index contributed by atoms with van der Waals surface area (Å²) in [6.07, 6.45) is 2.89. The van der Waals surface area contributed by atoms with Crippen LogP contribution in [0, 0.1) is 0 Å². The van der Waals surface area contributed by atoms with Crippen molar-refractivity contribution in [2.45, 2.75) is 13.0 Å². The summed E-state index contributed by atoms with van der Waals surface area (Å²) in [5.74, 6) is 1.74. The van der Waals surface area contributed by atoms with Crippen LogP contribution in [0.15, 0.2) is 35.7 Å². The van der Waals surface area contributed by atoms with Crippen LogP contribution >= 0.6 is 0 Å². The van der Waals surface area contributed by atoms with Gasteiger partial charge < -0.3 is 20.6 Å². The minimum Gasteiger partial charge on any atom is -0.497 e. The van der Waals surface area contributed by atoms with Gasteiger partial charge in [0, 0.05) is 6.04 Å². The zero-order valence-electron chi connectivity index (χ0n) is 12.8. The zero-order chi connectivity index (χ0) is 15.9. The van der Waals surface area contributed by atoms with Gasteiger partial charge in [0.25, 0.3) is 0 Å². The number of rotatable bonds is 6. The summed E-state index contributed by atoms with van der Waals surface area (Å²) in [7, 11) is 3.10. The fourth-order valence-electron chi connectivity index (χ4n) is 1.94. The second-order valence-electron chi connectivity index (χ2n) is 4.58. The molecule has 0 spiro atoms. The van der Waals surface area contributed by atoms with Crippen LogP contribution in [-0.4, -0.2) is 30.4 Å². The molecule has 2 rings (SSSR count). The average molecular weight is 301 g/mol. The predicted octanol–water partition coefficient (Wildman–Crippen LogP) is 2.22. The van der Waals surface area contributed by atoms with E-state index in [0.717, 1.165) is 11.3 Å². The van der Waals surface area contributed by atoms with Crippen LogP contribution in [0.2, 0.25) is 0 Å². The van der Waals surface area contributed by atoms with Crippen molar-refractivity contribution >= 4 is 17.9 Å². The number of oxime groups is 1. The maximum Gasteiger partial charge on any atom is 0.141 e. The second kappa shape index (κ2) is 7.26. The van der Waals surface area contributed by atoms with Crippen LogP contribution in [0.5, 0.6) is 5.75 Å². The lowest BCUT2D eigenvalue weighted by atomic mass is 10.1. The van der Waals surface area contributed by atoms with E-state index in [1.807, 2.05) is 31.2 Å². The number of methoxy groups -OCH3 is 1. The molecule has 7 heteroatoms. The lowest BCUT2D eigenvalue weighted by Crippen LogP contribution is -2.12. The van der Waals surface area contributed by atoms with E-state index in [2.05, 4.69) is 25.3 Å². The smallest absolute Gasteiger partial charge is 0.141 e. The van der Waals surface area contributed by atoms with E-state index in [9.17, 15) is 0 Å². The largest absolute Gasteiger partial charge is 0.497 e. The molecule has 1 aromatic heterocycles. The van der Waals surface area contributed by atoms with Crippen molar-refractivity contribution in [3.63, 3.8) is 0 Å². The summed E-state index contributed by atoms with van der Waals surface area (Å²) in [6.45, 7) is 2.03. The van der Waals surface area contributed by atoms with Crippen molar-refractivity contribution in [3.05, 3.63) is 41.7 Å². The molecule has 0 bridgehead atoms. The molecule has 1 atom stereocenters. The van der Waals surface area contributed by atoms with Crippen molar-refractivity contribution in [1.82, 2.24) is 9.97 Å². The number of nitrogen functional groups attached to an aromatic ring is 1. The number of hydrogen-bond acceptors (Lipinski definition) is 7. The fraction of sp³-hybridized carbons (Fsp3) is 0.267. The van der Waals surface area contributed by atoms with Gasteiger partial charge in [-0.1, -0.05) is 17.3 Å². The Morgan fingerprint density at radius 3 is 2.59 bits per heavy atom. The highest BCUT2D eigenvalue weighted by Crippen LogP contribution is 2.23. The van der Waals surface area contributed by atoms with E-state index in [0.29, 0.717) is 17.2 Å². The summed E-state index contributed by atoms with van der Waals surface area (Å²) in [5.41, 5.74) is 7.54. The average Bonchev–Trinajstić information content (AvgIpc) is 2.54. The van der Waals surface area contributed by atoms with Crippen LogP contribution in [0.4, 0.5) is 11.6 Å². The van der Waals surface area contributed by atoms with Crippen molar-refractivity contribution in [2.75, 3.05) is 25.3 Å². The monoisotopic (exact) mass is 301 g/mol. The number of nitrogens with zero attached hydrogens (tertiary/aromatic N) is 3. The van der Waals surface area contributed by atoms with Gasteiger partial charge in [0.15, 0.2) is 0 Å². The number of hydrogen-bond donors (Lipinski definition) is 2. The van der Waals surface area contributed by atoms with Crippen molar-refractivity contribution in [2.24, 2.45) is 5.16 Å². The van der Waals surface area contributed by atoms with E-state index in [1.165, 1.54) is 19.7 Å². The molecule has 0 fully saturated rings. The molecule has 0 unspecified atom stereocenters. The molecular formula is C15H19N5O2.